The molecule has 0 fully saturated rings. The minimum Gasteiger partial charge on any atom is -0.422 e. The molecule has 134 valence electrons. The fourth-order valence-electron chi connectivity index (χ4n) is 2.91. The van der Waals surface area contributed by atoms with Gasteiger partial charge in [-0.2, -0.15) is 0 Å². The SMILES string of the molecule is Cc1ccc2oc(=O)c3cc(C(=O)Nc4ccccc4C(N)=O)sc3c2c1. The van der Waals surface area contributed by atoms with Gasteiger partial charge in [0.1, 0.15) is 5.58 Å². The lowest BCUT2D eigenvalue weighted by Crippen LogP contribution is -2.17. The van der Waals surface area contributed by atoms with Gasteiger partial charge >= 0.3 is 5.63 Å². The normalized spacial score (nSPS) is 11.0. The van der Waals surface area contributed by atoms with Crippen LogP contribution in [0.4, 0.5) is 5.69 Å². The maximum atomic E-state index is 12.7. The Kier molecular flexibility index (Phi) is 4.01. The van der Waals surface area contributed by atoms with Crippen LogP contribution in [0.15, 0.2) is 57.7 Å². The average Bonchev–Trinajstić information content (AvgIpc) is 3.09. The lowest BCUT2D eigenvalue weighted by molar-refractivity contribution is 0.100. The molecule has 0 bridgehead atoms. The van der Waals surface area contributed by atoms with Crippen LogP contribution in [0.1, 0.15) is 25.6 Å². The Hall–Kier alpha value is -3.45. The van der Waals surface area contributed by atoms with Crippen molar-refractivity contribution in [3.8, 4) is 0 Å². The Morgan fingerprint density at radius 3 is 2.63 bits per heavy atom. The summed E-state index contributed by atoms with van der Waals surface area (Å²) in [5, 5.41) is 3.82. The number of thiophene rings is 1. The van der Waals surface area contributed by atoms with Gasteiger partial charge in [-0.15, -0.1) is 11.3 Å². The van der Waals surface area contributed by atoms with Gasteiger partial charge in [0.2, 0.25) is 0 Å². The van der Waals surface area contributed by atoms with E-state index in [1.54, 1.807) is 24.3 Å². The van der Waals surface area contributed by atoms with Crippen molar-refractivity contribution in [2.24, 2.45) is 5.73 Å². The highest BCUT2D eigenvalue weighted by molar-refractivity contribution is 7.21. The summed E-state index contributed by atoms with van der Waals surface area (Å²) >= 11 is 1.20. The number of carbonyl (C=O) groups is 2. The van der Waals surface area contributed by atoms with Crippen molar-refractivity contribution >= 4 is 49.9 Å². The number of benzene rings is 2. The van der Waals surface area contributed by atoms with Crippen LogP contribution in [-0.2, 0) is 0 Å². The second kappa shape index (κ2) is 6.37. The van der Waals surface area contributed by atoms with Crippen molar-refractivity contribution in [3.63, 3.8) is 0 Å². The largest absolute Gasteiger partial charge is 0.422 e. The standard InChI is InChI=1S/C20H14N2O4S/c1-10-6-7-15-12(8-10)17-13(20(25)26-15)9-16(27-17)19(24)22-14-5-3-2-4-11(14)18(21)23/h2-9H,1H3,(H2,21,23)(H,22,24). The van der Waals surface area contributed by atoms with Crippen molar-refractivity contribution in [1.29, 1.82) is 0 Å². The van der Waals surface area contributed by atoms with Crippen molar-refractivity contribution in [1.82, 2.24) is 0 Å². The van der Waals surface area contributed by atoms with Gasteiger partial charge in [-0.25, -0.2) is 4.79 Å². The summed E-state index contributed by atoms with van der Waals surface area (Å²) in [5.41, 5.74) is 6.89. The molecule has 0 radical (unpaired) electrons. The number of anilines is 1. The third-order valence-electron chi connectivity index (χ3n) is 4.20. The van der Waals surface area contributed by atoms with Crippen molar-refractivity contribution in [2.45, 2.75) is 6.92 Å². The van der Waals surface area contributed by atoms with E-state index in [2.05, 4.69) is 5.32 Å². The average molecular weight is 378 g/mol. The summed E-state index contributed by atoms with van der Waals surface area (Å²) in [7, 11) is 0. The highest BCUT2D eigenvalue weighted by Crippen LogP contribution is 2.31. The zero-order chi connectivity index (χ0) is 19.1. The molecule has 0 aliphatic carbocycles. The summed E-state index contributed by atoms with van der Waals surface area (Å²) in [4.78, 5) is 36.8. The van der Waals surface area contributed by atoms with Gasteiger partial charge < -0.3 is 15.5 Å². The van der Waals surface area contributed by atoms with E-state index in [9.17, 15) is 14.4 Å². The number of carbonyl (C=O) groups excluding carboxylic acids is 2. The number of primary amides is 1. The monoisotopic (exact) mass is 378 g/mol. The number of amides is 2. The first kappa shape index (κ1) is 17.0. The van der Waals surface area contributed by atoms with Gasteiger partial charge in [-0.3, -0.25) is 9.59 Å². The van der Waals surface area contributed by atoms with E-state index in [0.29, 0.717) is 26.2 Å². The number of rotatable bonds is 3. The molecule has 0 aliphatic heterocycles. The number of nitrogens with one attached hydrogen (secondary N) is 1. The van der Waals surface area contributed by atoms with Crippen LogP contribution in [0.3, 0.4) is 0 Å². The van der Waals surface area contributed by atoms with E-state index in [0.717, 1.165) is 10.9 Å². The van der Waals surface area contributed by atoms with E-state index >= 15 is 0 Å². The maximum absolute atomic E-state index is 12.7. The third kappa shape index (κ3) is 2.98. The van der Waals surface area contributed by atoms with Crippen LogP contribution in [0.2, 0.25) is 0 Å². The van der Waals surface area contributed by atoms with E-state index in [1.807, 2.05) is 19.1 Å². The summed E-state index contributed by atoms with van der Waals surface area (Å²) in [6.45, 7) is 1.94. The van der Waals surface area contributed by atoms with Crippen molar-refractivity contribution < 1.29 is 14.0 Å². The molecule has 2 heterocycles. The van der Waals surface area contributed by atoms with E-state index in [4.69, 9.17) is 10.2 Å². The summed E-state index contributed by atoms with van der Waals surface area (Å²) in [5.74, 6) is -1.06. The summed E-state index contributed by atoms with van der Waals surface area (Å²) in [6.07, 6.45) is 0. The molecule has 2 aromatic heterocycles. The first-order chi connectivity index (χ1) is 12.9. The van der Waals surface area contributed by atoms with Crippen molar-refractivity contribution in [3.05, 3.63) is 75.0 Å². The second-order valence-corrected chi connectivity index (χ2v) is 7.16. The zero-order valence-corrected chi connectivity index (χ0v) is 15.1. The summed E-state index contributed by atoms with van der Waals surface area (Å²) < 4.78 is 6.04. The van der Waals surface area contributed by atoms with Crippen LogP contribution in [-0.4, -0.2) is 11.8 Å². The lowest BCUT2D eigenvalue weighted by atomic mass is 10.1. The smallest absolute Gasteiger partial charge is 0.345 e. The van der Waals surface area contributed by atoms with E-state index < -0.39 is 17.4 Å². The fourth-order valence-corrected chi connectivity index (χ4v) is 3.97. The van der Waals surface area contributed by atoms with Gasteiger partial charge in [0.25, 0.3) is 11.8 Å². The predicted molar refractivity (Wildman–Crippen MR) is 106 cm³/mol. The molecule has 0 spiro atoms. The van der Waals surface area contributed by atoms with Gasteiger partial charge in [0, 0.05) is 5.39 Å². The van der Waals surface area contributed by atoms with Crippen LogP contribution < -0.4 is 16.7 Å². The molecule has 0 aliphatic rings. The number of para-hydroxylation sites is 1. The number of aryl methyl sites for hydroxylation is 1. The van der Waals surface area contributed by atoms with Crippen LogP contribution in [0.25, 0.3) is 21.1 Å². The molecular formula is C20H14N2O4S. The maximum Gasteiger partial charge on any atom is 0.345 e. The van der Waals surface area contributed by atoms with Crippen LogP contribution in [0, 0.1) is 6.92 Å². The first-order valence-electron chi connectivity index (χ1n) is 8.11. The van der Waals surface area contributed by atoms with Gasteiger partial charge in [-0.1, -0.05) is 23.8 Å². The number of nitrogens with two attached hydrogens (primary N) is 1. The Labute approximate surface area is 157 Å². The molecule has 2 aromatic carbocycles. The molecule has 0 saturated heterocycles. The second-order valence-electron chi connectivity index (χ2n) is 6.11. The first-order valence-corrected chi connectivity index (χ1v) is 8.93. The minimum absolute atomic E-state index is 0.215. The molecule has 0 unspecified atom stereocenters. The molecule has 7 heteroatoms. The predicted octanol–water partition coefficient (Wildman–Crippen LogP) is 3.67. The highest BCUT2D eigenvalue weighted by Gasteiger charge is 2.17. The fraction of sp³-hybridized carbons (Fsp3) is 0.0500. The topological polar surface area (TPSA) is 102 Å². The Balaban J connectivity index is 1.81. The number of hydrogen-bond acceptors (Lipinski definition) is 5. The molecule has 3 N–H and O–H groups in total. The minimum atomic E-state index is -0.635. The Morgan fingerprint density at radius 2 is 1.85 bits per heavy atom. The molecule has 2 amide bonds. The Morgan fingerprint density at radius 1 is 1.07 bits per heavy atom. The molecule has 0 saturated carbocycles. The Bertz CT molecular complexity index is 1290. The number of hydrogen-bond donors (Lipinski definition) is 2. The van der Waals surface area contributed by atoms with Crippen LogP contribution >= 0.6 is 11.3 Å². The lowest BCUT2D eigenvalue weighted by Gasteiger charge is -2.07. The molecule has 0 atom stereocenters. The molecular weight excluding hydrogens is 364 g/mol. The van der Waals surface area contributed by atoms with Gasteiger partial charge in [0.05, 0.1) is 26.2 Å². The van der Waals surface area contributed by atoms with E-state index in [1.165, 1.54) is 23.5 Å². The third-order valence-corrected chi connectivity index (χ3v) is 5.37. The summed E-state index contributed by atoms with van der Waals surface area (Å²) in [6, 6.07) is 13.5. The van der Waals surface area contributed by atoms with E-state index in [-0.39, 0.29) is 5.56 Å². The molecule has 4 aromatic rings. The van der Waals surface area contributed by atoms with Gasteiger partial charge in [0.15, 0.2) is 0 Å². The molecule has 6 nitrogen and oxygen atoms in total. The molecule has 4 rings (SSSR count). The van der Waals surface area contributed by atoms with Gasteiger partial charge in [-0.05, 0) is 37.3 Å². The quantitative estimate of drug-likeness (QED) is 0.531. The highest BCUT2D eigenvalue weighted by atomic mass is 32.1. The van der Waals surface area contributed by atoms with Crippen molar-refractivity contribution in [2.75, 3.05) is 5.32 Å². The zero-order valence-electron chi connectivity index (χ0n) is 14.2. The van der Waals surface area contributed by atoms with Crippen LogP contribution in [0.5, 0.6) is 0 Å². The number of fused-ring (bicyclic) bond motifs is 3. The molecule has 27 heavy (non-hydrogen) atoms.